The molecule has 0 atom stereocenters. The van der Waals surface area contributed by atoms with Gasteiger partial charge in [0, 0.05) is 20.8 Å². The molecule has 0 saturated heterocycles. The Kier molecular flexibility index (Phi) is 2.90. The van der Waals surface area contributed by atoms with Gasteiger partial charge in [-0.1, -0.05) is 63.9 Å². The number of hydrogen-bond acceptors (Lipinski definition) is 3. The molecular formula is C15H8BrClN4. The monoisotopic (exact) mass is 358 g/mol. The van der Waals surface area contributed by atoms with Crippen molar-refractivity contribution in [2.24, 2.45) is 0 Å². The van der Waals surface area contributed by atoms with E-state index in [9.17, 15) is 0 Å². The first-order valence-corrected chi connectivity index (χ1v) is 7.47. The van der Waals surface area contributed by atoms with Gasteiger partial charge in [0.15, 0.2) is 16.6 Å². The highest BCUT2D eigenvalue weighted by Gasteiger charge is 2.15. The van der Waals surface area contributed by atoms with Gasteiger partial charge in [0.05, 0.1) is 0 Å². The zero-order valence-corrected chi connectivity index (χ0v) is 13.0. The summed E-state index contributed by atoms with van der Waals surface area (Å²) < 4.78 is 2.62. The van der Waals surface area contributed by atoms with Crippen molar-refractivity contribution in [3.8, 4) is 11.4 Å². The molecule has 21 heavy (non-hydrogen) atoms. The van der Waals surface area contributed by atoms with E-state index in [1.807, 2.05) is 48.5 Å². The van der Waals surface area contributed by atoms with Crippen LogP contribution in [0.4, 0.5) is 0 Å². The van der Waals surface area contributed by atoms with E-state index in [0.29, 0.717) is 16.6 Å². The zero-order chi connectivity index (χ0) is 14.4. The zero-order valence-electron chi connectivity index (χ0n) is 10.7. The number of nitrogens with zero attached hydrogens (tertiary/aromatic N) is 4. The summed E-state index contributed by atoms with van der Waals surface area (Å²) in [6.07, 6.45) is 0. The van der Waals surface area contributed by atoms with Crippen molar-refractivity contribution in [3.63, 3.8) is 0 Å². The molecule has 4 aromatic rings. The minimum Gasteiger partial charge on any atom is -0.191 e. The van der Waals surface area contributed by atoms with Crippen molar-refractivity contribution in [3.05, 3.63) is 58.2 Å². The van der Waals surface area contributed by atoms with Crippen LogP contribution in [0, 0.1) is 0 Å². The van der Waals surface area contributed by atoms with E-state index in [0.717, 1.165) is 20.8 Å². The lowest BCUT2D eigenvalue weighted by Crippen LogP contribution is -1.97. The molecule has 0 amide bonds. The summed E-state index contributed by atoms with van der Waals surface area (Å²) >= 11 is 9.82. The van der Waals surface area contributed by atoms with Crippen LogP contribution in [0.3, 0.4) is 0 Å². The number of fused-ring (bicyclic) bond motifs is 3. The highest BCUT2D eigenvalue weighted by Crippen LogP contribution is 2.30. The molecule has 0 saturated carbocycles. The van der Waals surface area contributed by atoms with Crippen molar-refractivity contribution in [2.45, 2.75) is 0 Å². The lowest BCUT2D eigenvalue weighted by atomic mass is 10.2. The number of halogens is 2. The third kappa shape index (κ3) is 1.92. The fraction of sp³-hybridized carbons (Fsp3) is 0. The molecule has 0 N–H and O–H groups in total. The fourth-order valence-corrected chi connectivity index (χ4v) is 3.06. The number of aromatic nitrogens is 4. The van der Waals surface area contributed by atoms with Crippen LogP contribution in [0.1, 0.15) is 0 Å². The van der Waals surface area contributed by atoms with Crippen LogP contribution >= 0.6 is 27.5 Å². The van der Waals surface area contributed by atoms with Crippen LogP contribution < -0.4 is 0 Å². The second-order valence-corrected chi connectivity index (χ2v) is 5.79. The maximum Gasteiger partial charge on any atom is 0.186 e. The van der Waals surface area contributed by atoms with Crippen molar-refractivity contribution in [1.29, 1.82) is 0 Å². The van der Waals surface area contributed by atoms with E-state index in [1.165, 1.54) is 0 Å². The summed E-state index contributed by atoms with van der Waals surface area (Å²) in [5.41, 5.74) is 1.62. The van der Waals surface area contributed by atoms with Gasteiger partial charge in [-0.05, 0) is 12.1 Å². The normalized spacial score (nSPS) is 11.3. The van der Waals surface area contributed by atoms with Gasteiger partial charge in [0.2, 0.25) is 0 Å². The van der Waals surface area contributed by atoms with E-state index < -0.39 is 0 Å². The highest BCUT2D eigenvalue weighted by atomic mass is 79.9. The van der Waals surface area contributed by atoms with Gasteiger partial charge in [-0.15, -0.1) is 10.2 Å². The van der Waals surface area contributed by atoms with Gasteiger partial charge in [-0.3, -0.25) is 0 Å². The Morgan fingerprint density at radius 2 is 1.62 bits per heavy atom. The summed E-state index contributed by atoms with van der Waals surface area (Å²) in [6.45, 7) is 0. The minimum absolute atomic E-state index is 0.436. The predicted octanol–water partition coefficient (Wildman–Crippen LogP) is 4.36. The second-order valence-electron chi connectivity index (χ2n) is 4.58. The molecule has 2 aromatic heterocycles. The maximum absolute atomic E-state index is 6.29. The van der Waals surface area contributed by atoms with E-state index in [4.69, 9.17) is 11.6 Å². The molecule has 2 heterocycles. The van der Waals surface area contributed by atoms with Crippen molar-refractivity contribution >= 4 is 44.0 Å². The Bertz CT molecular complexity index is 980. The van der Waals surface area contributed by atoms with Crippen LogP contribution in [0.25, 0.3) is 27.8 Å². The molecule has 6 heteroatoms. The minimum atomic E-state index is 0.436. The molecule has 0 radical (unpaired) electrons. The van der Waals surface area contributed by atoms with Gasteiger partial charge in [0.25, 0.3) is 0 Å². The maximum atomic E-state index is 6.29. The number of hydrogen-bond donors (Lipinski definition) is 0. The third-order valence-corrected chi connectivity index (χ3v) is 4.30. The first-order chi connectivity index (χ1) is 10.3. The van der Waals surface area contributed by atoms with Gasteiger partial charge in [-0.25, -0.2) is 0 Å². The van der Waals surface area contributed by atoms with E-state index >= 15 is 0 Å². The Labute approximate surface area is 133 Å². The first kappa shape index (κ1) is 12.7. The van der Waals surface area contributed by atoms with Gasteiger partial charge >= 0.3 is 0 Å². The van der Waals surface area contributed by atoms with Crippen LogP contribution in [-0.2, 0) is 0 Å². The lowest BCUT2D eigenvalue weighted by Gasteiger charge is -2.04. The number of benzene rings is 2. The van der Waals surface area contributed by atoms with E-state index in [-0.39, 0.29) is 0 Å². The van der Waals surface area contributed by atoms with Crippen LogP contribution in [0.2, 0.25) is 5.15 Å². The average Bonchev–Trinajstić information content (AvgIpc) is 2.92. The fourth-order valence-electron chi connectivity index (χ4n) is 2.35. The highest BCUT2D eigenvalue weighted by molar-refractivity contribution is 9.10. The summed E-state index contributed by atoms with van der Waals surface area (Å²) in [4.78, 5) is 0. The third-order valence-electron chi connectivity index (χ3n) is 3.33. The lowest BCUT2D eigenvalue weighted by molar-refractivity contribution is 0.946. The Morgan fingerprint density at radius 3 is 2.43 bits per heavy atom. The molecule has 4 nitrogen and oxygen atoms in total. The Balaban J connectivity index is 2.12. The van der Waals surface area contributed by atoms with E-state index in [2.05, 4.69) is 31.2 Å². The van der Waals surface area contributed by atoms with Crippen molar-refractivity contribution in [1.82, 2.24) is 19.8 Å². The summed E-state index contributed by atoms with van der Waals surface area (Å²) in [5.74, 6) is 0.658. The predicted molar refractivity (Wildman–Crippen MR) is 86.4 cm³/mol. The Hall–Kier alpha value is -1.98. The molecule has 4 rings (SSSR count). The Morgan fingerprint density at radius 1 is 0.905 bits per heavy atom. The van der Waals surface area contributed by atoms with Crippen molar-refractivity contribution < 1.29 is 0 Å². The largest absolute Gasteiger partial charge is 0.191 e. The first-order valence-electron chi connectivity index (χ1n) is 6.30. The summed E-state index contributed by atoms with van der Waals surface area (Å²) in [5, 5.41) is 15.2. The molecule has 0 bridgehead atoms. The van der Waals surface area contributed by atoms with Crippen LogP contribution in [0.15, 0.2) is 53.0 Å². The smallest absolute Gasteiger partial charge is 0.186 e. The van der Waals surface area contributed by atoms with Gasteiger partial charge in [0.1, 0.15) is 0 Å². The van der Waals surface area contributed by atoms with E-state index in [1.54, 1.807) is 4.52 Å². The summed E-state index contributed by atoms with van der Waals surface area (Å²) in [7, 11) is 0. The molecule has 0 aliphatic carbocycles. The molecule has 0 aliphatic rings. The second kappa shape index (κ2) is 4.79. The molecule has 0 spiro atoms. The van der Waals surface area contributed by atoms with Gasteiger partial charge in [-0.2, -0.15) is 9.61 Å². The molecule has 102 valence electrons. The standard InChI is InChI=1S/C15H8BrClN4/c16-12-8-4-3-7-11(12)15-19-18-14-10-6-2-1-5-9(10)13(17)20-21(14)15/h1-8H. The summed E-state index contributed by atoms with van der Waals surface area (Å²) in [6, 6.07) is 15.6. The quantitative estimate of drug-likeness (QED) is 0.507. The SMILES string of the molecule is Clc1nn2c(-c3ccccc3Br)nnc2c2ccccc12. The number of rotatable bonds is 1. The van der Waals surface area contributed by atoms with Crippen LogP contribution in [-0.4, -0.2) is 19.8 Å². The molecular weight excluding hydrogens is 352 g/mol. The molecule has 0 fully saturated rings. The van der Waals surface area contributed by atoms with Gasteiger partial charge < -0.3 is 0 Å². The van der Waals surface area contributed by atoms with Crippen LogP contribution in [0.5, 0.6) is 0 Å². The molecule has 0 aliphatic heterocycles. The average molecular weight is 360 g/mol. The molecule has 0 unspecified atom stereocenters. The van der Waals surface area contributed by atoms with Crippen molar-refractivity contribution in [2.75, 3.05) is 0 Å². The molecule has 2 aromatic carbocycles. The topological polar surface area (TPSA) is 43.1 Å².